The second-order valence-corrected chi connectivity index (χ2v) is 3.86. The number of thioether (sulfide) groups is 1. The molecule has 0 radical (unpaired) electrons. The maximum Gasteiger partial charge on any atom is 0.252 e. The van der Waals surface area contributed by atoms with Gasteiger partial charge in [-0.1, -0.05) is 0 Å². The zero-order valence-electron chi connectivity index (χ0n) is 6.28. The Morgan fingerprint density at radius 3 is 2.91 bits per heavy atom. The van der Waals surface area contributed by atoms with Crippen LogP contribution < -0.4 is 0 Å². The fourth-order valence-corrected chi connectivity index (χ4v) is 2.18. The highest BCUT2D eigenvalue weighted by atomic mass is 32.2. The number of amides is 1. The zero-order chi connectivity index (χ0) is 7.68. The molecule has 0 bridgehead atoms. The number of rotatable bonds is 1. The minimum Gasteiger partial charge on any atom is -0.368 e. The molecule has 0 aromatic rings. The van der Waals surface area contributed by atoms with Gasteiger partial charge in [-0.25, -0.2) is 0 Å². The molecule has 1 amide bonds. The highest BCUT2D eigenvalue weighted by molar-refractivity contribution is 7.99. The molecule has 62 valence electrons. The maximum absolute atomic E-state index is 11.4. The number of nitrogens with zero attached hydrogens (tertiary/aromatic N) is 1. The fraction of sp³-hybridized carbons (Fsp3) is 0.857. The van der Waals surface area contributed by atoms with Gasteiger partial charge in [-0.3, -0.25) is 4.79 Å². The van der Waals surface area contributed by atoms with Crippen LogP contribution in [0.25, 0.3) is 0 Å². The number of hydrogen-bond acceptors (Lipinski definition) is 3. The molecule has 3 nitrogen and oxygen atoms in total. The minimum absolute atomic E-state index is 0.103. The van der Waals surface area contributed by atoms with Crippen LogP contribution in [0.3, 0.4) is 0 Å². The van der Waals surface area contributed by atoms with E-state index in [9.17, 15) is 4.79 Å². The van der Waals surface area contributed by atoms with E-state index in [0.29, 0.717) is 0 Å². The molecular weight excluding hydrogens is 162 g/mol. The third kappa shape index (κ3) is 1.37. The van der Waals surface area contributed by atoms with Gasteiger partial charge in [0.2, 0.25) is 0 Å². The standard InChI is InChI=1S/C7H11NO2S/c9-7(6-1-3-10-6)8-2-4-11-5-8/h6H,1-5H2. The first-order valence-corrected chi connectivity index (χ1v) is 5.01. The lowest BCUT2D eigenvalue weighted by Crippen LogP contribution is -2.44. The van der Waals surface area contributed by atoms with Crippen molar-refractivity contribution >= 4 is 17.7 Å². The first-order chi connectivity index (χ1) is 5.38. The average Bonchev–Trinajstić information content (AvgIpc) is 2.32. The van der Waals surface area contributed by atoms with E-state index < -0.39 is 0 Å². The summed E-state index contributed by atoms with van der Waals surface area (Å²) < 4.78 is 5.10. The van der Waals surface area contributed by atoms with Crippen molar-refractivity contribution in [1.82, 2.24) is 4.90 Å². The Balaban J connectivity index is 1.87. The molecule has 2 saturated heterocycles. The van der Waals surface area contributed by atoms with Gasteiger partial charge in [0.1, 0.15) is 6.10 Å². The van der Waals surface area contributed by atoms with Gasteiger partial charge in [-0.2, -0.15) is 0 Å². The first-order valence-electron chi connectivity index (χ1n) is 3.86. The van der Waals surface area contributed by atoms with Crippen LogP contribution in [0.5, 0.6) is 0 Å². The number of hydrogen-bond donors (Lipinski definition) is 0. The highest BCUT2D eigenvalue weighted by Gasteiger charge is 2.31. The zero-order valence-corrected chi connectivity index (χ0v) is 7.10. The summed E-state index contributed by atoms with van der Waals surface area (Å²) in [6.45, 7) is 1.67. The van der Waals surface area contributed by atoms with Gasteiger partial charge in [-0.15, -0.1) is 11.8 Å². The summed E-state index contributed by atoms with van der Waals surface area (Å²) in [5.74, 6) is 2.14. The van der Waals surface area contributed by atoms with E-state index in [1.807, 2.05) is 16.7 Å². The largest absolute Gasteiger partial charge is 0.368 e. The van der Waals surface area contributed by atoms with Gasteiger partial charge in [0.05, 0.1) is 12.5 Å². The van der Waals surface area contributed by atoms with Gasteiger partial charge in [0.25, 0.3) is 5.91 Å². The van der Waals surface area contributed by atoms with E-state index >= 15 is 0 Å². The molecule has 1 unspecified atom stereocenters. The van der Waals surface area contributed by atoms with E-state index in [1.54, 1.807) is 0 Å². The van der Waals surface area contributed by atoms with E-state index in [2.05, 4.69) is 0 Å². The molecule has 0 aliphatic carbocycles. The Bertz CT molecular complexity index is 164. The van der Waals surface area contributed by atoms with E-state index in [-0.39, 0.29) is 12.0 Å². The van der Waals surface area contributed by atoms with E-state index in [1.165, 1.54) is 0 Å². The third-order valence-electron chi connectivity index (χ3n) is 2.04. The number of carbonyl (C=O) groups excluding carboxylic acids is 1. The van der Waals surface area contributed by atoms with Gasteiger partial charge in [0, 0.05) is 18.7 Å². The van der Waals surface area contributed by atoms with Crippen molar-refractivity contribution in [1.29, 1.82) is 0 Å². The normalized spacial score (nSPS) is 30.2. The van der Waals surface area contributed by atoms with Crippen molar-refractivity contribution in [3.63, 3.8) is 0 Å². The molecule has 0 N–H and O–H groups in total. The fourth-order valence-electron chi connectivity index (χ4n) is 1.22. The van der Waals surface area contributed by atoms with Crippen LogP contribution in [0.2, 0.25) is 0 Å². The molecule has 11 heavy (non-hydrogen) atoms. The van der Waals surface area contributed by atoms with Gasteiger partial charge >= 0.3 is 0 Å². The molecule has 4 heteroatoms. The van der Waals surface area contributed by atoms with Crippen molar-refractivity contribution in [3.05, 3.63) is 0 Å². The van der Waals surface area contributed by atoms with Gasteiger partial charge in [-0.05, 0) is 0 Å². The molecule has 2 aliphatic rings. The summed E-state index contributed by atoms with van der Waals surface area (Å²) in [4.78, 5) is 13.3. The second kappa shape index (κ2) is 3.03. The van der Waals surface area contributed by atoms with Crippen molar-refractivity contribution in [3.8, 4) is 0 Å². The molecular formula is C7H11NO2S. The SMILES string of the molecule is O=C(C1CCO1)N1CCSC1. The molecule has 2 heterocycles. The second-order valence-electron chi connectivity index (χ2n) is 2.79. The predicted molar refractivity (Wildman–Crippen MR) is 43.4 cm³/mol. The van der Waals surface area contributed by atoms with Crippen LogP contribution >= 0.6 is 11.8 Å². The quantitative estimate of drug-likeness (QED) is 0.571. The van der Waals surface area contributed by atoms with Gasteiger partial charge in [0.15, 0.2) is 0 Å². The Morgan fingerprint density at radius 2 is 2.45 bits per heavy atom. The molecule has 0 aromatic carbocycles. The molecule has 2 rings (SSSR count). The molecule has 2 aliphatic heterocycles. The topological polar surface area (TPSA) is 29.5 Å². The van der Waals surface area contributed by atoms with Crippen molar-refractivity contribution in [2.75, 3.05) is 24.8 Å². The van der Waals surface area contributed by atoms with Gasteiger partial charge < -0.3 is 9.64 Å². The number of ether oxygens (including phenoxy) is 1. The van der Waals surface area contributed by atoms with Crippen molar-refractivity contribution < 1.29 is 9.53 Å². The van der Waals surface area contributed by atoms with Crippen LogP contribution in [0, 0.1) is 0 Å². The summed E-state index contributed by atoms with van der Waals surface area (Å²) in [5.41, 5.74) is 0. The summed E-state index contributed by atoms with van der Waals surface area (Å²) >= 11 is 1.81. The minimum atomic E-state index is -0.103. The lowest BCUT2D eigenvalue weighted by Gasteiger charge is -2.28. The molecule has 0 spiro atoms. The maximum atomic E-state index is 11.4. The summed E-state index contributed by atoms with van der Waals surface area (Å²) in [6.07, 6.45) is 0.814. The van der Waals surface area contributed by atoms with Crippen molar-refractivity contribution in [2.45, 2.75) is 12.5 Å². The third-order valence-corrected chi connectivity index (χ3v) is 3.00. The van der Waals surface area contributed by atoms with E-state index in [4.69, 9.17) is 4.74 Å². The molecule has 1 atom stereocenters. The molecule has 0 aromatic heterocycles. The monoisotopic (exact) mass is 173 g/mol. The van der Waals surface area contributed by atoms with Crippen LogP contribution in [-0.2, 0) is 9.53 Å². The van der Waals surface area contributed by atoms with Crippen LogP contribution in [-0.4, -0.2) is 41.7 Å². The first kappa shape index (κ1) is 7.43. The summed E-state index contributed by atoms with van der Waals surface area (Å²) in [5, 5.41) is 0. The molecule has 2 fully saturated rings. The Hall–Kier alpha value is -0.220. The Kier molecular flexibility index (Phi) is 2.05. The lowest BCUT2D eigenvalue weighted by molar-refractivity contribution is -0.154. The number of carbonyl (C=O) groups is 1. The van der Waals surface area contributed by atoms with Crippen molar-refractivity contribution in [2.24, 2.45) is 0 Å². The van der Waals surface area contributed by atoms with E-state index in [0.717, 1.165) is 31.2 Å². The predicted octanol–water partition coefficient (Wildman–Crippen LogP) is 0.308. The summed E-state index contributed by atoms with van der Waals surface area (Å²) in [7, 11) is 0. The molecule has 0 saturated carbocycles. The van der Waals surface area contributed by atoms with Crippen LogP contribution in [0.4, 0.5) is 0 Å². The smallest absolute Gasteiger partial charge is 0.252 e. The Labute approximate surface area is 70.1 Å². The average molecular weight is 173 g/mol. The lowest BCUT2D eigenvalue weighted by atomic mass is 10.1. The van der Waals surface area contributed by atoms with Crippen LogP contribution in [0.1, 0.15) is 6.42 Å². The summed E-state index contributed by atoms with van der Waals surface area (Å²) in [6, 6.07) is 0. The highest BCUT2D eigenvalue weighted by Crippen LogP contribution is 2.19. The van der Waals surface area contributed by atoms with Crippen LogP contribution in [0.15, 0.2) is 0 Å². The Morgan fingerprint density at radius 1 is 1.64 bits per heavy atom.